The van der Waals surface area contributed by atoms with E-state index < -0.39 is 86.1 Å². The van der Waals surface area contributed by atoms with E-state index in [9.17, 15) is 19.1 Å². The summed E-state index contributed by atoms with van der Waals surface area (Å²) in [6, 6.07) is 3.23. The van der Waals surface area contributed by atoms with Gasteiger partial charge in [0.05, 0.1) is 38.5 Å². The summed E-state index contributed by atoms with van der Waals surface area (Å²) in [7, 11) is 0. The standard InChI is InChI=1S/C34H32F8N6O2S/c1-16(49)17-5-9-47(10-6-17)30-20-11-22(33(37,38)39)25(19-3-4-23(36)28-24(19)21(13-43)29(44)51-28)26(34(40,41)42)27(20)45-31(46-30)50-15-32-7-2-8-48(32)14-18(35)12-32/h3-4,11,16-18,49H,2,5-10,12,14-15,44H2,1H3/t16-,18+,32-/m0/s1. The molecule has 0 radical (unpaired) electrons. The van der Waals surface area contributed by atoms with Crippen LogP contribution in [0.15, 0.2) is 18.2 Å². The average molecular weight is 741 g/mol. The number of fused-ring (bicyclic) bond motifs is 3. The minimum Gasteiger partial charge on any atom is -0.461 e. The number of hydrogen-bond acceptors (Lipinski definition) is 9. The summed E-state index contributed by atoms with van der Waals surface area (Å²) in [5.41, 5.74) is -1.69. The first kappa shape index (κ1) is 35.4. The molecule has 51 heavy (non-hydrogen) atoms. The molecule has 17 heteroatoms. The van der Waals surface area contributed by atoms with E-state index in [1.54, 1.807) is 17.9 Å². The summed E-state index contributed by atoms with van der Waals surface area (Å²) in [5, 5.41) is 18.7. The minimum absolute atomic E-state index is 0.138. The number of nitriles is 1. The second-order valence-corrected chi connectivity index (χ2v) is 14.6. The first-order chi connectivity index (χ1) is 24.0. The molecule has 0 bridgehead atoms. The van der Waals surface area contributed by atoms with Gasteiger partial charge in [-0.2, -0.15) is 41.6 Å². The summed E-state index contributed by atoms with van der Waals surface area (Å²) in [5.74, 6) is -1.35. The third kappa shape index (κ3) is 6.08. The zero-order valence-electron chi connectivity index (χ0n) is 27.1. The normalized spacial score (nSPS) is 22.5. The number of aliphatic hydroxyl groups excluding tert-OH is 1. The lowest BCUT2D eigenvalue weighted by Crippen LogP contribution is -2.43. The highest BCUT2D eigenvalue weighted by atomic mass is 32.1. The number of halogens is 8. The Morgan fingerprint density at radius 2 is 1.86 bits per heavy atom. The summed E-state index contributed by atoms with van der Waals surface area (Å²) >= 11 is 0.538. The lowest BCUT2D eigenvalue weighted by Gasteiger charge is -2.35. The van der Waals surface area contributed by atoms with Gasteiger partial charge >= 0.3 is 18.4 Å². The van der Waals surface area contributed by atoms with Crippen molar-refractivity contribution < 1.29 is 45.0 Å². The van der Waals surface area contributed by atoms with Crippen molar-refractivity contribution in [2.24, 2.45) is 5.92 Å². The quantitative estimate of drug-likeness (QED) is 0.194. The molecule has 272 valence electrons. The number of benzene rings is 2. The van der Waals surface area contributed by atoms with Gasteiger partial charge in [0.2, 0.25) is 0 Å². The van der Waals surface area contributed by atoms with E-state index >= 15 is 26.3 Å². The van der Waals surface area contributed by atoms with Gasteiger partial charge in [-0.25, -0.2) is 8.78 Å². The molecule has 3 fully saturated rings. The van der Waals surface area contributed by atoms with E-state index in [1.807, 2.05) is 4.90 Å². The van der Waals surface area contributed by atoms with Crippen molar-refractivity contribution >= 4 is 43.1 Å². The van der Waals surface area contributed by atoms with Crippen molar-refractivity contribution in [1.29, 1.82) is 5.26 Å². The molecule has 0 aliphatic carbocycles. The largest absolute Gasteiger partial charge is 0.461 e. The predicted molar refractivity (Wildman–Crippen MR) is 175 cm³/mol. The van der Waals surface area contributed by atoms with E-state index in [2.05, 4.69) is 9.97 Å². The summed E-state index contributed by atoms with van der Waals surface area (Å²) < 4.78 is 127. The molecule has 0 amide bonds. The van der Waals surface area contributed by atoms with Crippen molar-refractivity contribution in [3.63, 3.8) is 0 Å². The van der Waals surface area contributed by atoms with Gasteiger partial charge in [-0.1, -0.05) is 6.07 Å². The van der Waals surface area contributed by atoms with E-state index in [-0.39, 0.29) is 54.1 Å². The van der Waals surface area contributed by atoms with Crippen LogP contribution in [-0.2, 0) is 12.4 Å². The van der Waals surface area contributed by atoms with Gasteiger partial charge < -0.3 is 20.5 Å². The van der Waals surface area contributed by atoms with Crippen molar-refractivity contribution in [1.82, 2.24) is 14.9 Å². The SMILES string of the molecule is C[C@H](O)C1CCN(c2nc(OC[C@@]34CCCN3C[C@H](F)C4)nc3c(C(F)(F)F)c(-c4ccc(F)c5sc(N)c(C#N)c45)c(C(F)(F)F)cc23)CC1. The molecule has 3 N–H and O–H groups in total. The Kier molecular flexibility index (Phi) is 8.74. The van der Waals surface area contributed by atoms with E-state index in [1.165, 1.54) is 0 Å². The summed E-state index contributed by atoms with van der Waals surface area (Å²) in [4.78, 5) is 12.0. The maximum atomic E-state index is 15.5. The van der Waals surface area contributed by atoms with Crippen molar-refractivity contribution in [2.75, 3.05) is 43.4 Å². The third-order valence-corrected chi connectivity index (χ3v) is 11.5. The molecule has 0 unspecified atom stereocenters. The Bertz CT molecular complexity index is 2050. The topological polar surface area (TPSA) is 112 Å². The van der Waals surface area contributed by atoms with Crippen LogP contribution < -0.4 is 15.4 Å². The number of hydrogen-bond donors (Lipinski definition) is 2. The van der Waals surface area contributed by atoms with Gasteiger partial charge in [0, 0.05) is 42.4 Å². The van der Waals surface area contributed by atoms with Crippen LogP contribution in [0.1, 0.15) is 55.7 Å². The van der Waals surface area contributed by atoms with Crippen LogP contribution >= 0.6 is 11.3 Å². The fourth-order valence-corrected chi connectivity index (χ4v) is 9.01. The highest BCUT2D eigenvalue weighted by Crippen LogP contribution is 2.52. The zero-order chi connectivity index (χ0) is 36.6. The van der Waals surface area contributed by atoms with Gasteiger partial charge in [-0.3, -0.25) is 4.90 Å². The number of anilines is 2. The number of nitrogen functional groups attached to an aromatic ring is 1. The first-order valence-electron chi connectivity index (χ1n) is 16.4. The number of alkyl halides is 7. The van der Waals surface area contributed by atoms with Crippen LogP contribution in [0.4, 0.5) is 45.9 Å². The van der Waals surface area contributed by atoms with Crippen molar-refractivity contribution in [3.8, 4) is 23.2 Å². The van der Waals surface area contributed by atoms with Crippen molar-refractivity contribution in [2.45, 2.75) is 69.2 Å². The van der Waals surface area contributed by atoms with Crippen molar-refractivity contribution in [3.05, 3.63) is 40.7 Å². The number of nitrogens with zero attached hydrogens (tertiary/aromatic N) is 5. The number of ether oxygens (including phenoxy) is 1. The molecule has 8 nitrogen and oxygen atoms in total. The minimum atomic E-state index is -5.47. The number of nitrogens with two attached hydrogens (primary N) is 1. The molecule has 3 aliphatic rings. The van der Waals surface area contributed by atoms with Crippen LogP contribution in [0.3, 0.4) is 0 Å². The molecule has 2 aromatic heterocycles. The Balaban J connectivity index is 1.51. The molecule has 5 heterocycles. The average Bonchev–Trinajstić information content (AvgIpc) is 3.71. The van der Waals surface area contributed by atoms with E-state index in [0.717, 1.165) is 18.6 Å². The molecular formula is C34H32F8N6O2S. The molecule has 0 spiro atoms. The van der Waals surface area contributed by atoms with Gasteiger partial charge in [-0.05, 0) is 62.8 Å². The van der Waals surface area contributed by atoms with Crippen LogP contribution in [0.2, 0.25) is 0 Å². The predicted octanol–water partition coefficient (Wildman–Crippen LogP) is 7.69. The highest BCUT2D eigenvalue weighted by Gasteiger charge is 2.50. The van der Waals surface area contributed by atoms with Crippen LogP contribution in [0.25, 0.3) is 32.1 Å². The van der Waals surface area contributed by atoms with Crippen LogP contribution in [-0.4, -0.2) is 70.6 Å². The molecule has 2 aromatic carbocycles. The van der Waals surface area contributed by atoms with Gasteiger partial charge in [0.1, 0.15) is 35.5 Å². The smallest absolute Gasteiger partial charge is 0.419 e. The van der Waals surface area contributed by atoms with E-state index in [4.69, 9.17) is 10.5 Å². The molecule has 7 rings (SSSR count). The molecular weight excluding hydrogens is 708 g/mol. The summed E-state index contributed by atoms with van der Waals surface area (Å²) in [6.07, 6.45) is -10.4. The number of aromatic nitrogens is 2. The Morgan fingerprint density at radius 3 is 2.51 bits per heavy atom. The van der Waals surface area contributed by atoms with E-state index in [0.29, 0.717) is 43.2 Å². The Labute approximate surface area is 290 Å². The Morgan fingerprint density at radius 1 is 1.14 bits per heavy atom. The van der Waals surface area contributed by atoms with Crippen LogP contribution in [0, 0.1) is 23.1 Å². The van der Waals surface area contributed by atoms with Gasteiger partial charge in [0.25, 0.3) is 0 Å². The van der Waals surface area contributed by atoms with Gasteiger partial charge in [-0.15, -0.1) is 11.3 Å². The number of aliphatic hydroxyl groups is 1. The number of piperidine rings is 1. The maximum Gasteiger partial charge on any atom is 0.419 e. The molecule has 3 aliphatic heterocycles. The lowest BCUT2D eigenvalue weighted by molar-refractivity contribution is -0.141. The fourth-order valence-electron chi connectivity index (χ4n) is 8.07. The zero-order valence-corrected chi connectivity index (χ0v) is 28.0. The third-order valence-electron chi connectivity index (χ3n) is 10.5. The summed E-state index contributed by atoms with van der Waals surface area (Å²) in [6.45, 7) is 2.56. The Hall–Kier alpha value is -4.01. The van der Waals surface area contributed by atoms with Gasteiger partial charge in [0.15, 0.2) is 0 Å². The lowest BCUT2D eigenvalue weighted by atomic mass is 9.88. The molecule has 4 aromatic rings. The second kappa shape index (κ2) is 12.6. The van der Waals surface area contributed by atoms with Crippen LogP contribution in [0.5, 0.6) is 6.01 Å². The second-order valence-electron chi connectivity index (χ2n) is 13.6. The first-order valence-corrected chi connectivity index (χ1v) is 17.2. The number of thiophene rings is 1. The molecule has 0 saturated carbocycles. The molecule has 3 saturated heterocycles. The highest BCUT2D eigenvalue weighted by molar-refractivity contribution is 7.23. The fraction of sp³-hybridized carbons (Fsp3) is 0.500. The maximum absolute atomic E-state index is 15.5. The molecule has 3 atom stereocenters. The number of rotatable bonds is 6. The monoisotopic (exact) mass is 740 g/mol.